The average molecular weight is 215 g/mol. The van der Waals surface area contributed by atoms with Gasteiger partial charge in [0.05, 0.1) is 6.20 Å². The van der Waals surface area contributed by atoms with Crippen molar-refractivity contribution in [2.45, 2.75) is 39.2 Å². The summed E-state index contributed by atoms with van der Waals surface area (Å²) >= 11 is 0. The molecule has 0 spiro atoms. The van der Waals surface area contributed by atoms with E-state index in [2.05, 4.69) is 40.9 Å². The highest BCUT2D eigenvalue weighted by Gasteiger charge is 2.07. The molecule has 0 saturated heterocycles. The molecule has 0 aliphatic heterocycles. The van der Waals surface area contributed by atoms with E-state index in [0.717, 1.165) is 12.1 Å². The Kier molecular flexibility index (Phi) is 3.86. The highest BCUT2D eigenvalue weighted by molar-refractivity contribution is 5.69. The van der Waals surface area contributed by atoms with Crippen molar-refractivity contribution in [2.75, 3.05) is 0 Å². The average Bonchev–Trinajstić information content (AvgIpc) is 2.35. The topological polar surface area (TPSA) is 16.8 Å². The standard InChI is InChI=1S/C14H19N2/c1-2-3-4-7-11-16-12-10-15-13-8-5-6-9-14(13)16/h5-6,8-10,12H,2-4,7,11H2,1H3/q+1. The summed E-state index contributed by atoms with van der Waals surface area (Å²) in [5, 5.41) is 0. The van der Waals surface area contributed by atoms with E-state index in [4.69, 9.17) is 0 Å². The number of hydrogen-bond donors (Lipinski definition) is 0. The van der Waals surface area contributed by atoms with Crippen LogP contribution in [0, 0.1) is 0 Å². The zero-order valence-electron chi connectivity index (χ0n) is 9.89. The van der Waals surface area contributed by atoms with Crippen molar-refractivity contribution >= 4 is 11.0 Å². The van der Waals surface area contributed by atoms with Crippen LogP contribution in [-0.2, 0) is 6.54 Å². The molecule has 0 saturated carbocycles. The van der Waals surface area contributed by atoms with Crippen LogP contribution in [-0.4, -0.2) is 4.98 Å². The Morgan fingerprint density at radius 1 is 1.12 bits per heavy atom. The van der Waals surface area contributed by atoms with Crippen molar-refractivity contribution in [3.8, 4) is 0 Å². The van der Waals surface area contributed by atoms with E-state index in [1.165, 1.54) is 31.2 Å². The SMILES string of the molecule is CCCCCC[n+]1ccnc2ccccc21. The van der Waals surface area contributed by atoms with Crippen LogP contribution in [0.1, 0.15) is 32.6 Å². The number of aryl methyl sites for hydroxylation is 1. The molecule has 1 aromatic heterocycles. The molecule has 0 bridgehead atoms. The van der Waals surface area contributed by atoms with Crippen LogP contribution >= 0.6 is 0 Å². The third-order valence-electron chi connectivity index (χ3n) is 2.90. The Bertz CT molecular complexity index is 446. The molecule has 2 heteroatoms. The van der Waals surface area contributed by atoms with Gasteiger partial charge in [0.15, 0.2) is 6.20 Å². The first-order valence-corrected chi connectivity index (χ1v) is 6.15. The lowest BCUT2D eigenvalue weighted by Crippen LogP contribution is -2.34. The summed E-state index contributed by atoms with van der Waals surface area (Å²) in [6.07, 6.45) is 9.18. The molecule has 84 valence electrons. The molecular weight excluding hydrogens is 196 g/mol. The summed E-state index contributed by atoms with van der Waals surface area (Å²) in [5.41, 5.74) is 2.32. The fourth-order valence-corrected chi connectivity index (χ4v) is 1.99. The minimum atomic E-state index is 1.08. The van der Waals surface area contributed by atoms with Gasteiger partial charge >= 0.3 is 0 Å². The van der Waals surface area contributed by atoms with Gasteiger partial charge in [-0.2, -0.15) is 4.57 Å². The van der Waals surface area contributed by atoms with Crippen molar-refractivity contribution < 1.29 is 4.57 Å². The van der Waals surface area contributed by atoms with E-state index in [-0.39, 0.29) is 0 Å². The number of nitrogens with zero attached hydrogens (tertiary/aromatic N) is 2. The summed E-state index contributed by atoms with van der Waals surface area (Å²) < 4.78 is 2.30. The number of hydrogen-bond acceptors (Lipinski definition) is 1. The maximum atomic E-state index is 4.37. The van der Waals surface area contributed by atoms with E-state index in [0.29, 0.717) is 0 Å². The highest BCUT2D eigenvalue weighted by Crippen LogP contribution is 2.05. The predicted molar refractivity (Wildman–Crippen MR) is 66.1 cm³/mol. The molecule has 1 heterocycles. The lowest BCUT2D eigenvalue weighted by Gasteiger charge is -2.00. The number of para-hydroxylation sites is 2. The van der Waals surface area contributed by atoms with Crippen molar-refractivity contribution in [1.29, 1.82) is 0 Å². The zero-order chi connectivity index (χ0) is 11.2. The lowest BCUT2D eigenvalue weighted by molar-refractivity contribution is -0.672. The summed E-state index contributed by atoms with van der Waals surface area (Å²) in [6.45, 7) is 3.35. The normalized spacial score (nSPS) is 10.8. The van der Waals surface area contributed by atoms with Crippen LogP contribution in [0.25, 0.3) is 11.0 Å². The molecule has 0 aliphatic carbocycles. The Morgan fingerprint density at radius 3 is 2.88 bits per heavy atom. The van der Waals surface area contributed by atoms with E-state index < -0.39 is 0 Å². The molecule has 2 rings (SSSR count). The Balaban J connectivity index is 2.11. The molecule has 0 unspecified atom stereocenters. The quantitative estimate of drug-likeness (QED) is 0.553. The van der Waals surface area contributed by atoms with E-state index in [9.17, 15) is 0 Å². The predicted octanol–water partition coefficient (Wildman–Crippen LogP) is 3.10. The summed E-state index contributed by atoms with van der Waals surface area (Å²) in [6, 6.07) is 8.32. The highest BCUT2D eigenvalue weighted by atomic mass is 15.0. The number of unbranched alkanes of at least 4 members (excludes halogenated alkanes) is 3. The second-order valence-electron chi connectivity index (χ2n) is 4.17. The first-order chi connectivity index (χ1) is 7.92. The van der Waals surface area contributed by atoms with Gasteiger partial charge in [-0.1, -0.05) is 31.9 Å². The van der Waals surface area contributed by atoms with Crippen molar-refractivity contribution in [1.82, 2.24) is 4.98 Å². The van der Waals surface area contributed by atoms with Crippen molar-refractivity contribution in [3.05, 3.63) is 36.7 Å². The molecule has 0 atom stereocenters. The maximum absolute atomic E-state index is 4.37. The molecule has 0 N–H and O–H groups in total. The Hall–Kier alpha value is -1.44. The molecular formula is C14H19N2+. The van der Waals surface area contributed by atoms with Crippen molar-refractivity contribution in [2.24, 2.45) is 0 Å². The van der Waals surface area contributed by atoms with Crippen LogP contribution in [0.15, 0.2) is 36.7 Å². The molecule has 0 amide bonds. The summed E-state index contributed by atoms with van der Waals surface area (Å²) in [4.78, 5) is 4.37. The smallest absolute Gasteiger partial charge is 0.231 e. The van der Waals surface area contributed by atoms with Gasteiger partial charge in [0.25, 0.3) is 0 Å². The Morgan fingerprint density at radius 2 is 2.00 bits per heavy atom. The molecule has 16 heavy (non-hydrogen) atoms. The maximum Gasteiger partial charge on any atom is 0.231 e. The van der Waals surface area contributed by atoms with E-state index in [1.807, 2.05) is 12.3 Å². The number of aromatic nitrogens is 2. The lowest BCUT2D eigenvalue weighted by atomic mass is 10.2. The minimum Gasteiger partial charge on any atom is -0.244 e. The van der Waals surface area contributed by atoms with Gasteiger partial charge in [0.1, 0.15) is 12.1 Å². The monoisotopic (exact) mass is 215 g/mol. The van der Waals surface area contributed by atoms with Gasteiger partial charge in [0.2, 0.25) is 5.52 Å². The van der Waals surface area contributed by atoms with Crippen LogP contribution in [0.4, 0.5) is 0 Å². The summed E-state index contributed by atoms with van der Waals surface area (Å²) in [7, 11) is 0. The fraction of sp³-hybridized carbons (Fsp3) is 0.429. The minimum absolute atomic E-state index is 1.08. The number of benzene rings is 1. The third-order valence-corrected chi connectivity index (χ3v) is 2.90. The second kappa shape index (κ2) is 5.59. The molecule has 2 nitrogen and oxygen atoms in total. The number of fused-ring (bicyclic) bond motifs is 1. The molecule has 2 aromatic rings. The molecule has 0 fully saturated rings. The molecule has 0 radical (unpaired) electrons. The van der Waals surface area contributed by atoms with Gasteiger partial charge in [0, 0.05) is 12.5 Å². The van der Waals surface area contributed by atoms with Gasteiger partial charge in [-0.05, 0) is 12.5 Å². The largest absolute Gasteiger partial charge is 0.244 e. The van der Waals surface area contributed by atoms with E-state index in [1.54, 1.807) is 0 Å². The van der Waals surface area contributed by atoms with Gasteiger partial charge < -0.3 is 0 Å². The molecule has 1 aromatic carbocycles. The van der Waals surface area contributed by atoms with Gasteiger partial charge in [-0.3, -0.25) is 0 Å². The first-order valence-electron chi connectivity index (χ1n) is 6.15. The zero-order valence-corrected chi connectivity index (χ0v) is 9.89. The van der Waals surface area contributed by atoms with Crippen LogP contribution in [0.2, 0.25) is 0 Å². The fourth-order valence-electron chi connectivity index (χ4n) is 1.99. The van der Waals surface area contributed by atoms with E-state index >= 15 is 0 Å². The van der Waals surface area contributed by atoms with Crippen LogP contribution in [0.3, 0.4) is 0 Å². The third kappa shape index (κ3) is 2.57. The van der Waals surface area contributed by atoms with Crippen LogP contribution in [0.5, 0.6) is 0 Å². The Labute approximate surface area is 97.0 Å². The van der Waals surface area contributed by atoms with Crippen LogP contribution < -0.4 is 4.57 Å². The first kappa shape index (κ1) is 11.1. The van der Waals surface area contributed by atoms with Gasteiger partial charge in [-0.25, -0.2) is 4.98 Å². The van der Waals surface area contributed by atoms with Gasteiger partial charge in [-0.15, -0.1) is 0 Å². The molecule has 0 aliphatic rings. The summed E-state index contributed by atoms with van der Waals surface area (Å²) in [5.74, 6) is 0. The van der Waals surface area contributed by atoms with Crippen molar-refractivity contribution in [3.63, 3.8) is 0 Å². The second-order valence-corrected chi connectivity index (χ2v) is 4.17. The number of rotatable bonds is 5.